The molecule has 0 aliphatic carbocycles. The second kappa shape index (κ2) is 4.89. The molecule has 82 valence electrons. The number of aliphatic hydroxyl groups is 1. The van der Waals surface area contributed by atoms with E-state index < -0.39 is 6.04 Å². The highest BCUT2D eigenvalue weighted by Crippen LogP contribution is 2.17. The average molecular weight is 209 g/mol. The largest absolute Gasteiger partial charge is 0.395 e. The molecule has 1 atom stereocenters. The van der Waals surface area contributed by atoms with E-state index in [0.29, 0.717) is 12.2 Å². The van der Waals surface area contributed by atoms with Crippen molar-refractivity contribution in [3.63, 3.8) is 0 Å². The number of rotatable bonds is 4. The van der Waals surface area contributed by atoms with E-state index in [1.165, 1.54) is 13.8 Å². The summed E-state index contributed by atoms with van der Waals surface area (Å²) in [5.41, 5.74) is 0.478. The molecule has 0 aromatic heterocycles. The molecule has 4 heteroatoms. The van der Waals surface area contributed by atoms with Gasteiger partial charge in [0.2, 0.25) is 0 Å². The predicted octanol–water partition coefficient (Wildman–Crippen LogP) is 0.281. The molecule has 1 rings (SSSR count). The number of carbonyl (C=O) groups excluding carboxylic acids is 2. The summed E-state index contributed by atoms with van der Waals surface area (Å²) in [5, 5.41) is 8.90. The molecule has 1 aliphatic rings. The Kier molecular flexibility index (Phi) is 3.80. The van der Waals surface area contributed by atoms with Crippen LogP contribution >= 0.6 is 0 Å². The SMILES string of the molecule is CC(=O)C1=CC=CC(C(C)=O)N1CCO. The number of ketones is 2. The van der Waals surface area contributed by atoms with Crippen LogP contribution in [0.5, 0.6) is 0 Å². The highest BCUT2D eigenvalue weighted by Gasteiger charge is 2.25. The van der Waals surface area contributed by atoms with Gasteiger partial charge in [-0.2, -0.15) is 0 Å². The number of allylic oxidation sites excluding steroid dienone is 3. The smallest absolute Gasteiger partial charge is 0.175 e. The van der Waals surface area contributed by atoms with E-state index in [-0.39, 0.29) is 18.2 Å². The van der Waals surface area contributed by atoms with Gasteiger partial charge in [0.1, 0.15) is 6.04 Å². The third-order valence-electron chi connectivity index (χ3n) is 2.31. The summed E-state index contributed by atoms with van der Waals surface area (Å²) in [4.78, 5) is 24.3. The van der Waals surface area contributed by atoms with Crippen LogP contribution in [-0.4, -0.2) is 40.8 Å². The third kappa shape index (κ3) is 2.53. The molecule has 0 amide bonds. The van der Waals surface area contributed by atoms with Gasteiger partial charge in [0.15, 0.2) is 11.6 Å². The van der Waals surface area contributed by atoms with Crippen LogP contribution in [0, 0.1) is 0 Å². The highest BCUT2D eigenvalue weighted by atomic mass is 16.3. The highest BCUT2D eigenvalue weighted by molar-refractivity contribution is 5.95. The van der Waals surface area contributed by atoms with E-state index >= 15 is 0 Å². The van der Waals surface area contributed by atoms with Crippen LogP contribution in [0.1, 0.15) is 13.8 Å². The van der Waals surface area contributed by atoms with Gasteiger partial charge in [0, 0.05) is 13.5 Å². The first kappa shape index (κ1) is 11.7. The van der Waals surface area contributed by atoms with E-state index in [1.807, 2.05) is 0 Å². The van der Waals surface area contributed by atoms with Gasteiger partial charge in [-0.05, 0) is 13.0 Å². The lowest BCUT2D eigenvalue weighted by Crippen LogP contribution is -2.42. The quantitative estimate of drug-likeness (QED) is 0.722. The van der Waals surface area contributed by atoms with Gasteiger partial charge in [-0.3, -0.25) is 9.59 Å². The second-order valence-electron chi connectivity index (χ2n) is 3.47. The molecular weight excluding hydrogens is 194 g/mol. The fourth-order valence-corrected chi connectivity index (χ4v) is 1.64. The molecule has 4 nitrogen and oxygen atoms in total. The Morgan fingerprint density at radius 2 is 2.13 bits per heavy atom. The summed E-state index contributed by atoms with van der Waals surface area (Å²) in [6.45, 7) is 3.14. The Bertz CT molecular complexity index is 331. The van der Waals surface area contributed by atoms with Crippen LogP contribution in [-0.2, 0) is 9.59 Å². The molecule has 0 saturated carbocycles. The Hall–Kier alpha value is -1.42. The number of β-amino-alcohol motifs (C(OH)–C–C–N with tert-alkyl or cyclic N) is 1. The van der Waals surface area contributed by atoms with E-state index in [1.54, 1.807) is 23.1 Å². The number of aliphatic hydroxyl groups excluding tert-OH is 1. The van der Waals surface area contributed by atoms with Crippen molar-refractivity contribution >= 4 is 11.6 Å². The molecule has 0 aromatic carbocycles. The van der Waals surface area contributed by atoms with Crippen LogP contribution in [0.2, 0.25) is 0 Å². The van der Waals surface area contributed by atoms with Crippen LogP contribution in [0.25, 0.3) is 0 Å². The van der Waals surface area contributed by atoms with Gasteiger partial charge in [0.05, 0.1) is 12.3 Å². The van der Waals surface area contributed by atoms with Crippen molar-refractivity contribution in [3.05, 3.63) is 23.9 Å². The van der Waals surface area contributed by atoms with Crippen molar-refractivity contribution in [1.82, 2.24) is 4.90 Å². The third-order valence-corrected chi connectivity index (χ3v) is 2.31. The van der Waals surface area contributed by atoms with Gasteiger partial charge >= 0.3 is 0 Å². The molecule has 0 bridgehead atoms. The maximum Gasteiger partial charge on any atom is 0.175 e. The van der Waals surface area contributed by atoms with E-state index in [0.717, 1.165) is 0 Å². The van der Waals surface area contributed by atoms with Gasteiger partial charge in [-0.15, -0.1) is 0 Å². The summed E-state index contributed by atoms with van der Waals surface area (Å²) >= 11 is 0. The Labute approximate surface area is 88.9 Å². The maximum absolute atomic E-state index is 11.3. The van der Waals surface area contributed by atoms with Crippen molar-refractivity contribution in [2.75, 3.05) is 13.2 Å². The summed E-state index contributed by atoms with van der Waals surface area (Å²) in [7, 11) is 0. The van der Waals surface area contributed by atoms with Crippen molar-refractivity contribution < 1.29 is 14.7 Å². The first-order valence-electron chi connectivity index (χ1n) is 4.85. The maximum atomic E-state index is 11.3. The Morgan fingerprint density at radius 3 is 2.60 bits per heavy atom. The molecule has 0 saturated heterocycles. The van der Waals surface area contributed by atoms with Gasteiger partial charge in [-0.25, -0.2) is 0 Å². The number of Topliss-reactive ketones (excluding diaryl/α,β-unsaturated/α-hetero) is 2. The van der Waals surface area contributed by atoms with E-state index in [2.05, 4.69) is 0 Å². The summed E-state index contributed by atoms with van der Waals surface area (Å²) in [5.74, 6) is -0.134. The number of nitrogens with zero attached hydrogens (tertiary/aromatic N) is 1. The number of hydrogen-bond donors (Lipinski definition) is 1. The fourth-order valence-electron chi connectivity index (χ4n) is 1.64. The average Bonchev–Trinajstić information content (AvgIpc) is 2.17. The lowest BCUT2D eigenvalue weighted by Gasteiger charge is -2.32. The van der Waals surface area contributed by atoms with Gasteiger partial charge in [0.25, 0.3) is 0 Å². The normalized spacial score (nSPS) is 20.1. The van der Waals surface area contributed by atoms with Gasteiger partial charge in [-0.1, -0.05) is 12.2 Å². The number of hydrogen-bond acceptors (Lipinski definition) is 4. The summed E-state index contributed by atoms with van der Waals surface area (Å²) in [6.07, 6.45) is 5.10. The summed E-state index contributed by atoms with van der Waals surface area (Å²) < 4.78 is 0. The minimum absolute atomic E-state index is 0.0356. The fraction of sp³-hybridized carbons (Fsp3) is 0.455. The van der Waals surface area contributed by atoms with Crippen LogP contribution in [0.4, 0.5) is 0 Å². The van der Waals surface area contributed by atoms with E-state index in [4.69, 9.17) is 5.11 Å². The topological polar surface area (TPSA) is 57.6 Å². The Balaban J connectivity index is 2.96. The van der Waals surface area contributed by atoms with Crippen LogP contribution in [0.15, 0.2) is 23.9 Å². The van der Waals surface area contributed by atoms with Crippen LogP contribution in [0.3, 0.4) is 0 Å². The first-order valence-corrected chi connectivity index (χ1v) is 4.85. The van der Waals surface area contributed by atoms with Crippen LogP contribution < -0.4 is 0 Å². The minimum Gasteiger partial charge on any atom is -0.395 e. The molecule has 1 N–H and O–H groups in total. The second-order valence-corrected chi connectivity index (χ2v) is 3.47. The summed E-state index contributed by atoms with van der Waals surface area (Å²) in [6, 6.07) is -0.430. The molecule has 0 radical (unpaired) electrons. The zero-order valence-electron chi connectivity index (χ0n) is 8.93. The molecule has 0 aromatic rings. The molecule has 15 heavy (non-hydrogen) atoms. The number of carbonyl (C=O) groups is 2. The van der Waals surface area contributed by atoms with Crippen molar-refractivity contribution in [2.45, 2.75) is 19.9 Å². The van der Waals surface area contributed by atoms with Crippen molar-refractivity contribution in [1.29, 1.82) is 0 Å². The molecule has 0 spiro atoms. The minimum atomic E-state index is -0.430. The molecule has 0 fully saturated rings. The standard InChI is InChI=1S/C11H15NO3/c1-8(14)10-4-3-5-11(9(2)15)12(10)6-7-13/h3-5,10,13H,6-7H2,1-2H3. The van der Waals surface area contributed by atoms with Crippen molar-refractivity contribution in [2.24, 2.45) is 0 Å². The molecule has 1 aliphatic heterocycles. The monoisotopic (exact) mass is 209 g/mol. The van der Waals surface area contributed by atoms with Gasteiger partial charge < -0.3 is 10.0 Å². The zero-order chi connectivity index (χ0) is 11.4. The zero-order valence-corrected chi connectivity index (χ0v) is 8.93. The lowest BCUT2D eigenvalue weighted by atomic mass is 10.0. The Morgan fingerprint density at radius 1 is 1.47 bits per heavy atom. The van der Waals surface area contributed by atoms with Crippen molar-refractivity contribution in [3.8, 4) is 0 Å². The molecule has 1 heterocycles. The molecular formula is C11H15NO3. The van der Waals surface area contributed by atoms with E-state index in [9.17, 15) is 9.59 Å². The first-order chi connectivity index (χ1) is 7.07. The predicted molar refractivity (Wildman–Crippen MR) is 56.2 cm³/mol. The molecule has 1 unspecified atom stereocenters. The lowest BCUT2D eigenvalue weighted by molar-refractivity contribution is -0.121.